The monoisotopic (exact) mass is 277 g/mol. The lowest BCUT2D eigenvalue weighted by Crippen LogP contribution is -2.32. The minimum atomic E-state index is -0.970. The third-order valence-corrected chi connectivity index (χ3v) is 3.91. The van der Waals surface area contributed by atoms with Crippen molar-refractivity contribution in [1.29, 1.82) is 0 Å². The van der Waals surface area contributed by atoms with Crippen LogP contribution in [0.15, 0.2) is 24.3 Å². The van der Waals surface area contributed by atoms with E-state index in [-0.39, 0.29) is 0 Å². The normalized spacial score (nSPS) is 17.6. The van der Waals surface area contributed by atoms with E-state index in [1.165, 1.54) is 32.1 Å². The van der Waals surface area contributed by atoms with Gasteiger partial charge in [-0.1, -0.05) is 31.4 Å². The van der Waals surface area contributed by atoms with Crippen molar-refractivity contribution >= 4 is 5.97 Å². The molecule has 4 heteroatoms. The maximum atomic E-state index is 10.7. The molecule has 0 heterocycles. The van der Waals surface area contributed by atoms with Crippen LogP contribution in [0.25, 0.3) is 0 Å². The second-order valence-electron chi connectivity index (χ2n) is 5.61. The summed E-state index contributed by atoms with van der Waals surface area (Å²) in [6, 6.07) is 6.72. The van der Waals surface area contributed by atoms with Crippen LogP contribution < -0.4 is 10.5 Å². The zero-order valence-electron chi connectivity index (χ0n) is 11.8. The van der Waals surface area contributed by atoms with Crippen LogP contribution in [-0.2, 0) is 11.2 Å². The van der Waals surface area contributed by atoms with Gasteiger partial charge in [-0.15, -0.1) is 0 Å². The maximum Gasteiger partial charge on any atom is 0.320 e. The predicted molar refractivity (Wildman–Crippen MR) is 77.8 cm³/mol. The van der Waals surface area contributed by atoms with Gasteiger partial charge in [-0.05, 0) is 42.9 Å². The van der Waals surface area contributed by atoms with Gasteiger partial charge in [0.25, 0.3) is 0 Å². The van der Waals surface area contributed by atoms with Crippen LogP contribution in [0.2, 0.25) is 0 Å². The van der Waals surface area contributed by atoms with Crippen molar-refractivity contribution in [3.05, 3.63) is 29.8 Å². The number of carbonyl (C=O) groups is 1. The standard InChI is InChI=1S/C16H23NO3/c17-15(16(18)19)10-12-6-8-14(9-7-12)20-11-13-4-2-1-3-5-13/h6-9,13,15H,1-5,10-11,17H2,(H,18,19). The molecule has 1 aromatic carbocycles. The molecule has 0 saturated heterocycles. The lowest BCUT2D eigenvalue weighted by Gasteiger charge is -2.21. The van der Waals surface area contributed by atoms with Gasteiger partial charge in [0.15, 0.2) is 0 Å². The Kier molecular flexibility index (Phi) is 5.41. The van der Waals surface area contributed by atoms with E-state index >= 15 is 0 Å². The first-order valence-electron chi connectivity index (χ1n) is 7.35. The van der Waals surface area contributed by atoms with E-state index in [0.717, 1.165) is 17.9 Å². The van der Waals surface area contributed by atoms with Gasteiger partial charge >= 0.3 is 5.97 Å². The Hall–Kier alpha value is -1.55. The van der Waals surface area contributed by atoms with Crippen molar-refractivity contribution in [2.45, 2.75) is 44.6 Å². The molecule has 4 nitrogen and oxygen atoms in total. The summed E-state index contributed by atoms with van der Waals surface area (Å²) in [5, 5.41) is 8.78. The van der Waals surface area contributed by atoms with Crippen molar-refractivity contribution in [3.8, 4) is 5.75 Å². The summed E-state index contributed by atoms with van der Waals surface area (Å²) >= 11 is 0. The van der Waals surface area contributed by atoms with Gasteiger partial charge in [0.05, 0.1) is 6.61 Å². The summed E-state index contributed by atoms with van der Waals surface area (Å²) in [7, 11) is 0. The molecule has 0 aromatic heterocycles. The van der Waals surface area contributed by atoms with Gasteiger partial charge in [0.2, 0.25) is 0 Å². The average molecular weight is 277 g/mol. The maximum absolute atomic E-state index is 10.7. The van der Waals surface area contributed by atoms with E-state index in [2.05, 4.69) is 0 Å². The summed E-state index contributed by atoms with van der Waals surface area (Å²) < 4.78 is 5.81. The minimum absolute atomic E-state index is 0.345. The minimum Gasteiger partial charge on any atom is -0.493 e. The Balaban J connectivity index is 1.80. The Morgan fingerprint density at radius 3 is 2.50 bits per heavy atom. The van der Waals surface area contributed by atoms with Crippen LogP contribution in [0.5, 0.6) is 5.75 Å². The fraction of sp³-hybridized carbons (Fsp3) is 0.562. The molecule has 110 valence electrons. The van der Waals surface area contributed by atoms with Crippen LogP contribution in [0, 0.1) is 5.92 Å². The fourth-order valence-electron chi connectivity index (χ4n) is 2.63. The summed E-state index contributed by atoms with van der Waals surface area (Å²) in [4.78, 5) is 10.7. The van der Waals surface area contributed by atoms with Crippen LogP contribution in [0.4, 0.5) is 0 Å². The number of aliphatic carboxylic acids is 1. The highest BCUT2D eigenvalue weighted by molar-refractivity contribution is 5.73. The van der Waals surface area contributed by atoms with Gasteiger partial charge < -0.3 is 15.6 Å². The highest BCUT2D eigenvalue weighted by Crippen LogP contribution is 2.24. The Labute approximate surface area is 119 Å². The zero-order valence-corrected chi connectivity index (χ0v) is 11.8. The van der Waals surface area contributed by atoms with Crippen LogP contribution in [0.1, 0.15) is 37.7 Å². The first-order chi connectivity index (χ1) is 9.65. The molecule has 3 N–H and O–H groups in total. The molecule has 1 atom stereocenters. The van der Waals surface area contributed by atoms with E-state index in [4.69, 9.17) is 15.6 Å². The van der Waals surface area contributed by atoms with E-state index in [1.54, 1.807) is 0 Å². The molecule has 2 rings (SSSR count). The predicted octanol–water partition coefficient (Wildman–Crippen LogP) is 2.60. The van der Waals surface area contributed by atoms with Gasteiger partial charge in [-0.2, -0.15) is 0 Å². The molecule has 0 amide bonds. The molecule has 20 heavy (non-hydrogen) atoms. The second kappa shape index (κ2) is 7.29. The average Bonchev–Trinajstić information content (AvgIpc) is 2.47. The summed E-state index contributed by atoms with van der Waals surface area (Å²) in [5.74, 6) is 0.565. The Morgan fingerprint density at radius 1 is 1.25 bits per heavy atom. The lowest BCUT2D eigenvalue weighted by molar-refractivity contribution is -0.138. The number of rotatable bonds is 6. The molecule has 1 saturated carbocycles. The Morgan fingerprint density at radius 2 is 1.90 bits per heavy atom. The first kappa shape index (κ1) is 14.9. The molecular weight excluding hydrogens is 254 g/mol. The number of carboxylic acid groups (broad SMARTS) is 1. The van der Waals surface area contributed by atoms with Crippen LogP contribution >= 0.6 is 0 Å². The van der Waals surface area contributed by atoms with E-state index in [1.807, 2.05) is 24.3 Å². The largest absolute Gasteiger partial charge is 0.493 e. The molecule has 0 spiro atoms. The SMILES string of the molecule is NC(Cc1ccc(OCC2CCCCC2)cc1)C(=O)O. The number of ether oxygens (including phenoxy) is 1. The number of hydrogen-bond acceptors (Lipinski definition) is 3. The first-order valence-corrected chi connectivity index (χ1v) is 7.35. The van der Waals surface area contributed by atoms with Crippen molar-refractivity contribution in [2.24, 2.45) is 11.7 Å². The second-order valence-corrected chi connectivity index (χ2v) is 5.61. The van der Waals surface area contributed by atoms with Gasteiger partial charge in [-0.3, -0.25) is 4.79 Å². The third kappa shape index (κ3) is 4.53. The molecule has 1 unspecified atom stereocenters. The quantitative estimate of drug-likeness (QED) is 0.838. The highest BCUT2D eigenvalue weighted by Gasteiger charge is 2.14. The van der Waals surface area contributed by atoms with Gasteiger partial charge in [-0.25, -0.2) is 0 Å². The van der Waals surface area contributed by atoms with Crippen molar-refractivity contribution in [1.82, 2.24) is 0 Å². The van der Waals surface area contributed by atoms with Crippen molar-refractivity contribution in [3.63, 3.8) is 0 Å². The van der Waals surface area contributed by atoms with Crippen LogP contribution in [0.3, 0.4) is 0 Å². The van der Waals surface area contributed by atoms with Crippen LogP contribution in [-0.4, -0.2) is 23.7 Å². The molecule has 0 radical (unpaired) electrons. The highest BCUT2D eigenvalue weighted by atomic mass is 16.5. The third-order valence-electron chi connectivity index (χ3n) is 3.91. The summed E-state index contributed by atoms with van der Waals surface area (Å²) in [5.41, 5.74) is 6.43. The topological polar surface area (TPSA) is 72.5 Å². The van der Waals surface area contributed by atoms with Gasteiger partial charge in [0.1, 0.15) is 11.8 Å². The molecular formula is C16H23NO3. The molecule has 1 aliphatic carbocycles. The molecule has 1 aliphatic rings. The Bertz CT molecular complexity index is 424. The fourth-order valence-corrected chi connectivity index (χ4v) is 2.63. The molecule has 1 fully saturated rings. The van der Waals surface area contributed by atoms with E-state index in [9.17, 15) is 4.79 Å². The zero-order chi connectivity index (χ0) is 14.4. The lowest BCUT2D eigenvalue weighted by atomic mass is 9.90. The summed E-state index contributed by atoms with van der Waals surface area (Å²) in [6.45, 7) is 0.786. The molecule has 0 aliphatic heterocycles. The van der Waals surface area contributed by atoms with Gasteiger partial charge in [0, 0.05) is 0 Å². The number of benzene rings is 1. The number of nitrogens with two attached hydrogens (primary N) is 1. The van der Waals surface area contributed by atoms with Crippen molar-refractivity contribution in [2.75, 3.05) is 6.61 Å². The number of hydrogen-bond donors (Lipinski definition) is 2. The molecule has 0 bridgehead atoms. The summed E-state index contributed by atoms with van der Waals surface area (Å²) in [6.07, 6.45) is 6.88. The van der Waals surface area contributed by atoms with E-state index in [0.29, 0.717) is 12.3 Å². The number of carboxylic acids is 1. The molecule has 1 aromatic rings. The smallest absolute Gasteiger partial charge is 0.320 e. The van der Waals surface area contributed by atoms with Crippen molar-refractivity contribution < 1.29 is 14.6 Å². The van der Waals surface area contributed by atoms with E-state index < -0.39 is 12.0 Å².